The summed E-state index contributed by atoms with van der Waals surface area (Å²) in [6.07, 6.45) is 0.105. The van der Waals surface area contributed by atoms with Crippen LogP contribution in [0, 0.1) is 0 Å². The van der Waals surface area contributed by atoms with Crippen molar-refractivity contribution in [3.05, 3.63) is 69.3 Å². The van der Waals surface area contributed by atoms with Gasteiger partial charge in [0, 0.05) is 41.2 Å². The highest BCUT2D eigenvalue weighted by molar-refractivity contribution is 6.36. The molecule has 0 bridgehead atoms. The van der Waals surface area contributed by atoms with Crippen LogP contribution in [0.15, 0.2) is 42.5 Å². The Kier molecular flexibility index (Phi) is 7.17. The Balaban J connectivity index is 1.64. The Morgan fingerprint density at radius 1 is 1.18 bits per heavy atom. The van der Waals surface area contributed by atoms with Gasteiger partial charge < -0.3 is 10.1 Å². The number of esters is 1. The van der Waals surface area contributed by atoms with Crippen molar-refractivity contribution >= 4 is 51.7 Å². The zero-order chi connectivity index (χ0) is 23.5. The molecule has 1 amide bonds. The van der Waals surface area contributed by atoms with E-state index in [-0.39, 0.29) is 0 Å². The maximum atomic E-state index is 13.5. The van der Waals surface area contributed by atoms with Gasteiger partial charge in [0.2, 0.25) is 0 Å². The molecule has 0 radical (unpaired) electrons. The first kappa shape index (κ1) is 23.5. The van der Waals surface area contributed by atoms with Gasteiger partial charge in [-0.25, -0.2) is 4.79 Å². The van der Waals surface area contributed by atoms with Crippen LogP contribution in [-0.2, 0) is 22.5 Å². The van der Waals surface area contributed by atoms with Crippen molar-refractivity contribution in [2.45, 2.75) is 39.3 Å². The molecule has 0 saturated carbocycles. The second kappa shape index (κ2) is 10.1. The summed E-state index contributed by atoms with van der Waals surface area (Å²) < 4.78 is 5.76. The summed E-state index contributed by atoms with van der Waals surface area (Å²) in [7, 11) is 0. The number of carbonyl (C=O) groups excluding carboxylic acids is 2. The molecule has 0 aliphatic carbocycles. The largest absolute Gasteiger partial charge is 0.449 e. The van der Waals surface area contributed by atoms with E-state index in [9.17, 15) is 9.59 Å². The van der Waals surface area contributed by atoms with E-state index in [0.717, 1.165) is 41.7 Å². The fourth-order valence-corrected chi connectivity index (χ4v) is 4.52. The summed E-state index contributed by atoms with van der Waals surface area (Å²) in [5.74, 6) is -0.968. The first-order valence-electron chi connectivity index (χ1n) is 11.0. The molecule has 172 valence electrons. The Morgan fingerprint density at radius 2 is 1.97 bits per heavy atom. The number of fused-ring (bicyclic) bond motifs is 2. The maximum Gasteiger partial charge on any atom is 0.340 e. The lowest BCUT2D eigenvalue weighted by Gasteiger charge is -2.29. The van der Waals surface area contributed by atoms with Gasteiger partial charge in [0.1, 0.15) is 0 Å². The van der Waals surface area contributed by atoms with E-state index in [1.807, 2.05) is 24.3 Å². The molecular weight excluding hydrogens is 461 g/mol. The second-order valence-corrected chi connectivity index (χ2v) is 8.81. The van der Waals surface area contributed by atoms with E-state index in [1.54, 1.807) is 25.1 Å². The molecule has 1 aromatic heterocycles. The number of benzene rings is 2. The third kappa shape index (κ3) is 4.98. The number of nitrogens with one attached hydrogen (secondary N) is 1. The molecule has 1 unspecified atom stereocenters. The summed E-state index contributed by atoms with van der Waals surface area (Å²) in [5.41, 5.74) is 3.44. The highest BCUT2D eigenvalue weighted by Gasteiger charge is 2.29. The number of aromatic nitrogens is 1. The van der Waals surface area contributed by atoms with E-state index < -0.39 is 18.0 Å². The summed E-state index contributed by atoms with van der Waals surface area (Å²) in [6, 6.07) is 12.3. The van der Waals surface area contributed by atoms with Crippen molar-refractivity contribution in [2.75, 3.05) is 18.4 Å². The number of rotatable bonds is 6. The molecule has 3 aromatic rings. The van der Waals surface area contributed by atoms with Gasteiger partial charge in [0.25, 0.3) is 5.91 Å². The van der Waals surface area contributed by atoms with Crippen molar-refractivity contribution in [2.24, 2.45) is 0 Å². The molecular formula is C25H25Cl2N3O3. The van der Waals surface area contributed by atoms with Crippen molar-refractivity contribution in [3.63, 3.8) is 0 Å². The van der Waals surface area contributed by atoms with E-state index in [4.69, 9.17) is 32.9 Å². The minimum Gasteiger partial charge on any atom is -0.449 e. The molecule has 1 atom stereocenters. The molecule has 2 heterocycles. The minimum absolute atomic E-state index is 0.311. The second-order valence-electron chi connectivity index (χ2n) is 7.96. The molecule has 1 N–H and O–H groups in total. The van der Waals surface area contributed by atoms with Crippen LogP contribution < -0.4 is 5.32 Å². The average molecular weight is 486 g/mol. The van der Waals surface area contributed by atoms with Gasteiger partial charge in [-0.1, -0.05) is 55.2 Å². The standard InChI is InChI=1S/C25H25Cl2N3O3/c1-3-22(24(31)29-21-10-9-15(26)13-18(21)27)33-25(32)23-16-7-5-6-8-19(16)28-20-11-12-30(4-2)14-17(20)23/h5-10,13,22H,3-4,11-12,14H2,1-2H3,(H,29,31). The first-order valence-corrected chi connectivity index (χ1v) is 11.8. The molecule has 1 aliphatic rings. The van der Waals surface area contributed by atoms with Gasteiger partial charge in [0.15, 0.2) is 6.10 Å². The lowest BCUT2D eigenvalue weighted by Crippen LogP contribution is -2.35. The minimum atomic E-state index is -0.974. The zero-order valence-electron chi connectivity index (χ0n) is 18.5. The number of para-hydroxylation sites is 1. The highest BCUT2D eigenvalue weighted by Crippen LogP contribution is 2.30. The number of likely N-dealkylation sites (N-methyl/N-ethyl adjacent to an activating group) is 1. The predicted molar refractivity (Wildman–Crippen MR) is 131 cm³/mol. The average Bonchev–Trinajstić information content (AvgIpc) is 2.82. The van der Waals surface area contributed by atoms with Crippen molar-refractivity contribution in [1.82, 2.24) is 9.88 Å². The Morgan fingerprint density at radius 3 is 2.70 bits per heavy atom. The normalized spacial score (nSPS) is 14.5. The van der Waals surface area contributed by atoms with E-state index in [0.29, 0.717) is 34.3 Å². The number of halogens is 2. The summed E-state index contributed by atoms with van der Waals surface area (Å²) in [5, 5.41) is 4.24. The quantitative estimate of drug-likeness (QED) is 0.467. The van der Waals surface area contributed by atoms with Crippen LogP contribution >= 0.6 is 23.2 Å². The number of hydrogen-bond donors (Lipinski definition) is 1. The number of pyridine rings is 1. The predicted octanol–water partition coefficient (Wildman–Crippen LogP) is 5.49. The smallest absolute Gasteiger partial charge is 0.340 e. The third-order valence-corrected chi connectivity index (χ3v) is 6.43. The molecule has 4 rings (SSSR count). The fraction of sp³-hybridized carbons (Fsp3) is 0.320. The monoisotopic (exact) mass is 485 g/mol. The molecule has 0 fully saturated rings. The molecule has 6 nitrogen and oxygen atoms in total. The van der Waals surface area contributed by atoms with Gasteiger partial charge in [-0.15, -0.1) is 0 Å². The summed E-state index contributed by atoms with van der Waals surface area (Å²) in [4.78, 5) is 33.4. The van der Waals surface area contributed by atoms with E-state index >= 15 is 0 Å². The van der Waals surface area contributed by atoms with Crippen LogP contribution in [0.5, 0.6) is 0 Å². The summed E-state index contributed by atoms with van der Waals surface area (Å²) in [6.45, 7) is 6.28. The molecule has 2 aromatic carbocycles. The lowest BCUT2D eigenvalue weighted by molar-refractivity contribution is -0.124. The van der Waals surface area contributed by atoms with Crippen LogP contribution in [0.2, 0.25) is 10.0 Å². The zero-order valence-corrected chi connectivity index (χ0v) is 20.0. The number of nitrogens with zero attached hydrogens (tertiary/aromatic N) is 2. The van der Waals surface area contributed by atoms with Crippen molar-refractivity contribution in [1.29, 1.82) is 0 Å². The van der Waals surface area contributed by atoms with Crippen LogP contribution in [-0.4, -0.2) is 41.0 Å². The Labute approximate surface area is 202 Å². The van der Waals surface area contributed by atoms with Crippen LogP contribution in [0.1, 0.15) is 41.9 Å². The Hall–Kier alpha value is -2.67. The van der Waals surface area contributed by atoms with Crippen molar-refractivity contribution < 1.29 is 14.3 Å². The van der Waals surface area contributed by atoms with Gasteiger partial charge in [-0.2, -0.15) is 0 Å². The number of amides is 1. The summed E-state index contributed by atoms with van der Waals surface area (Å²) >= 11 is 12.1. The molecule has 1 aliphatic heterocycles. The maximum absolute atomic E-state index is 13.5. The van der Waals surface area contributed by atoms with Crippen molar-refractivity contribution in [3.8, 4) is 0 Å². The van der Waals surface area contributed by atoms with Gasteiger partial charge in [-0.3, -0.25) is 14.7 Å². The Bertz CT molecular complexity index is 1210. The van der Waals surface area contributed by atoms with Gasteiger partial charge in [0.05, 0.1) is 21.8 Å². The number of carbonyl (C=O) groups is 2. The number of hydrogen-bond acceptors (Lipinski definition) is 5. The third-order valence-electron chi connectivity index (χ3n) is 5.88. The molecule has 33 heavy (non-hydrogen) atoms. The van der Waals surface area contributed by atoms with Crippen LogP contribution in [0.4, 0.5) is 5.69 Å². The fourth-order valence-electron chi connectivity index (χ4n) is 4.06. The molecule has 8 heteroatoms. The first-order chi connectivity index (χ1) is 15.9. The molecule has 0 spiro atoms. The highest BCUT2D eigenvalue weighted by atomic mass is 35.5. The topological polar surface area (TPSA) is 71.5 Å². The SMILES string of the molecule is CCC(OC(=O)c1c2c(nc3ccccc13)CCN(CC)C2)C(=O)Nc1ccc(Cl)cc1Cl. The number of ether oxygens (including phenoxy) is 1. The van der Waals surface area contributed by atoms with E-state index in [1.165, 1.54) is 0 Å². The van der Waals surface area contributed by atoms with E-state index in [2.05, 4.69) is 17.1 Å². The lowest BCUT2D eigenvalue weighted by atomic mass is 9.95. The van der Waals surface area contributed by atoms with Crippen LogP contribution in [0.25, 0.3) is 10.9 Å². The number of anilines is 1. The van der Waals surface area contributed by atoms with Crippen LogP contribution in [0.3, 0.4) is 0 Å². The van der Waals surface area contributed by atoms with Gasteiger partial charge in [-0.05, 0) is 37.2 Å². The molecule has 0 saturated heterocycles. The van der Waals surface area contributed by atoms with Gasteiger partial charge >= 0.3 is 5.97 Å².